The third-order valence-corrected chi connectivity index (χ3v) is 4.65. The Morgan fingerprint density at radius 1 is 0.625 bits per heavy atom. The summed E-state index contributed by atoms with van der Waals surface area (Å²) in [7, 11) is 0. The quantitative estimate of drug-likeness (QED) is 0.194. The summed E-state index contributed by atoms with van der Waals surface area (Å²) < 4.78 is 0. The number of carboxylic acids is 1. The Balaban J connectivity index is 3.05. The van der Waals surface area contributed by atoms with Crippen LogP contribution in [0.4, 0.5) is 0 Å². The molecule has 0 heterocycles. The van der Waals surface area contributed by atoms with Crippen molar-refractivity contribution in [2.45, 2.75) is 122 Å². The minimum absolute atomic E-state index is 0.312. The fraction of sp³-hybridized carbons (Fsp3) is 0.864. The number of hydrogen-bond donors (Lipinski definition) is 1. The van der Waals surface area contributed by atoms with Crippen LogP contribution < -0.4 is 0 Å². The summed E-state index contributed by atoms with van der Waals surface area (Å²) in [6.45, 7) is 2.28. The van der Waals surface area contributed by atoms with Crippen LogP contribution >= 0.6 is 0 Å². The van der Waals surface area contributed by atoms with Crippen molar-refractivity contribution in [1.82, 2.24) is 0 Å². The smallest absolute Gasteiger partial charge is 0.303 e. The molecule has 0 fully saturated rings. The first-order chi connectivity index (χ1) is 11.8. The number of carbonyl (C=O) groups is 1. The van der Waals surface area contributed by atoms with Crippen LogP contribution in [0.5, 0.6) is 0 Å². The highest BCUT2D eigenvalue weighted by atomic mass is 16.4. The van der Waals surface area contributed by atoms with Crippen molar-refractivity contribution < 1.29 is 9.90 Å². The van der Waals surface area contributed by atoms with Crippen molar-refractivity contribution >= 4 is 5.97 Å². The van der Waals surface area contributed by atoms with Gasteiger partial charge in [-0.2, -0.15) is 0 Å². The van der Waals surface area contributed by atoms with Crippen LogP contribution in [-0.2, 0) is 4.79 Å². The predicted octanol–water partition coefficient (Wildman–Crippen LogP) is 7.67. The summed E-state index contributed by atoms with van der Waals surface area (Å²) in [6, 6.07) is 0. The van der Waals surface area contributed by atoms with E-state index >= 15 is 0 Å². The molecular weight excluding hydrogens is 296 g/mol. The van der Waals surface area contributed by atoms with Gasteiger partial charge in [0, 0.05) is 6.42 Å². The van der Waals surface area contributed by atoms with E-state index in [1.165, 1.54) is 89.9 Å². The highest BCUT2D eigenvalue weighted by molar-refractivity contribution is 5.66. The topological polar surface area (TPSA) is 37.3 Å². The number of carboxylic acid groups (broad SMARTS) is 1. The standard InChI is InChI=1S/C22H42O2/c1-2-3-4-5-6-7-8-9-10-11-12-13-14-15-16-17-18-19-20-21-22(23)24/h16-17H,2-15,18-21H2,1H3,(H,23,24)/b17-16+. The van der Waals surface area contributed by atoms with E-state index in [1.807, 2.05) is 0 Å². The van der Waals surface area contributed by atoms with Crippen molar-refractivity contribution in [3.8, 4) is 0 Å². The second-order valence-electron chi connectivity index (χ2n) is 7.14. The molecule has 0 aliphatic carbocycles. The second kappa shape index (κ2) is 20.3. The first-order valence-electron chi connectivity index (χ1n) is 10.6. The van der Waals surface area contributed by atoms with Gasteiger partial charge >= 0.3 is 5.97 Å². The molecule has 142 valence electrons. The minimum atomic E-state index is -0.675. The summed E-state index contributed by atoms with van der Waals surface area (Å²) in [5.74, 6) is -0.675. The molecule has 0 radical (unpaired) electrons. The van der Waals surface area contributed by atoms with E-state index in [0.29, 0.717) is 6.42 Å². The Morgan fingerprint density at radius 2 is 1.00 bits per heavy atom. The number of hydrogen-bond acceptors (Lipinski definition) is 1. The number of allylic oxidation sites excluding steroid dienone is 2. The Morgan fingerprint density at radius 3 is 1.42 bits per heavy atom. The lowest BCUT2D eigenvalue weighted by molar-refractivity contribution is -0.137. The van der Waals surface area contributed by atoms with Gasteiger partial charge in [0.15, 0.2) is 0 Å². The summed E-state index contributed by atoms with van der Waals surface area (Å²) in [5.41, 5.74) is 0. The third kappa shape index (κ3) is 21.2. The number of unbranched alkanes of at least 4 members (excludes halogenated alkanes) is 15. The molecule has 24 heavy (non-hydrogen) atoms. The van der Waals surface area contributed by atoms with Gasteiger partial charge in [0.1, 0.15) is 0 Å². The molecule has 0 rings (SSSR count). The van der Waals surface area contributed by atoms with Crippen LogP contribution in [0, 0.1) is 0 Å². The minimum Gasteiger partial charge on any atom is -0.481 e. The van der Waals surface area contributed by atoms with Gasteiger partial charge in [-0.3, -0.25) is 4.79 Å². The summed E-state index contributed by atoms with van der Waals surface area (Å²) in [4.78, 5) is 10.4. The van der Waals surface area contributed by atoms with Crippen molar-refractivity contribution in [2.24, 2.45) is 0 Å². The van der Waals surface area contributed by atoms with E-state index in [4.69, 9.17) is 5.11 Å². The SMILES string of the molecule is CCCCCCCCCCCCCCC/C=C/CCCCC(=O)O. The Labute approximate surface area is 151 Å². The van der Waals surface area contributed by atoms with Crippen LogP contribution in [0.25, 0.3) is 0 Å². The largest absolute Gasteiger partial charge is 0.481 e. The number of aliphatic carboxylic acids is 1. The van der Waals surface area contributed by atoms with Crippen LogP contribution in [0.15, 0.2) is 12.2 Å². The van der Waals surface area contributed by atoms with Gasteiger partial charge in [-0.25, -0.2) is 0 Å². The van der Waals surface area contributed by atoms with E-state index in [1.54, 1.807) is 0 Å². The maximum absolute atomic E-state index is 10.4. The molecule has 0 amide bonds. The van der Waals surface area contributed by atoms with Gasteiger partial charge in [-0.05, 0) is 32.1 Å². The van der Waals surface area contributed by atoms with E-state index in [2.05, 4.69) is 19.1 Å². The van der Waals surface area contributed by atoms with Crippen molar-refractivity contribution in [1.29, 1.82) is 0 Å². The van der Waals surface area contributed by atoms with Crippen molar-refractivity contribution in [3.05, 3.63) is 12.2 Å². The molecule has 2 nitrogen and oxygen atoms in total. The Hall–Kier alpha value is -0.790. The molecule has 1 N–H and O–H groups in total. The molecule has 0 saturated heterocycles. The van der Waals surface area contributed by atoms with Crippen LogP contribution in [-0.4, -0.2) is 11.1 Å². The van der Waals surface area contributed by atoms with Gasteiger partial charge in [-0.1, -0.05) is 96.1 Å². The van der Waals surface area contributed by atoms with Crippen molar-refractivity contribution in [2.75, 3.05) is 0 Å². The molecule has 2 heteroatoms. The maximum atomic E-state index is 10.4. The zero-order chi connectivity index (χ0) is 17.7. The Bertz CT molecular complexity index is 284. The van der Waals surface area contributed by atoms with E-state index in [0.717, 1.165) is 19.3 Å². The lowest BCUT2D eigenvalue weighted by atomic mass is 10.0. The lowest BCUT2D eigenvalue weighted by Gasteiger charge is -2.02. The molecule has 0 aromatic rings. The normalized spacial score (nSPS) is 11.4. The molecule has 0 saturated carbocycles. The maximum Gasteiger partial charge on any atom is 0.303 e. The molecule has 0 aromatic heterocycles. The summed E-state index contributed by atoms with van der Waals surface area (Å²) in [5, 5.41) is 8.54. The van der Waals surface area contributed by atoms with E-state index in [-0.39, 0.29) is 0 Å². The summed E-state index contributed by atoms with van der Waals surface area (Å²) >= 11 is 0. The molecular formula is C22H42O2. The molecule has 0 aliphatic rings. The van der Waals surface area contributed by atoms with Gasteiger partial charge in [0.25, 0.3) is 0 Å². The van der Waals surface area contributed by atoms with Crippen LogP contribution in [0.3, 0.4) is 0 Å². The van der Waals surface area contributed by atoms with E-state index < -0.39 is 5.97 Å². The molecule has 0 atom stereocenters. The van der Waals surface area contributed by atoms with Gasteiger partial charge in [0.2, 0.25) is 0 Å². The third-order valence-electron chi connectivity index (χ3n) is 4.65. The van der Waals surface area contributed by atoms with Gasteiger partial charge in [-0.15, -0.1) is 0 Å². The molecule has 0 unspecified atom stereocenters. The van der Waals surface area contributed by atoms with Crippen molar-refractivity contribution in [3.63, 3.8) is 0 Å². The fourth-order valence-electron chi connectivity index (χ4n) is 3.05. The van der Waals surface area contributed by atoms with Gasteiger partial charge < -0.3 is 5.11 Å². The molecule has 0 aliphatic heterocycles. The van der Waals surface area contributed by atoms with Gasteiger partial charge in [0.05, 0.1) is 0 Å². The molecule has 0 aromatic carbocycles. The Kier molecular flexibility index (Phi) is 19.6. The average molecular weight is 339 g/mol. The summed E-state index contributed by atoms with van der Waals surface area (Å²) in [6.07, 6.45) is 27.2. The predicted molar refractivity (Wildman–Crippen MR) is 106 cm³/mol. The second-order valence-corrected chi connectivity index (χ2v) is 7.14. The molecule has 0 bridgehead atoms. The van der Waals surface area contributed by atoms with Crippen LogP contribution in [0.2, 0.25) is 0 Å². The highest BCUT2D eigenvalue weighted by Gasteiger charge is 1.95. The fourth-order valence-corrected chi connectivity index (χ4v) is 3.05. The first-order valence-corrected chi connectivity index (χ1v) is 10.6. The number of rotatable bonds is 19. The van der Waals surface area contributed by atoms with Crippen LogP contribution in [0.1, 0.15) is 122 Å². The zero-order valence-corrected chi connectivity index (χ0v) is 16.2. The van der Waals surface area contributed by atoms with E-state index in [9.17, 15) is 4.79 Å². The zero-order valence-electron chi connectivity index (χ0n) is 16.2. The first kappa shape index (κ1) is 23.2. The monoisotopic (exact) mass is 338 g/mol. The average Bonchev–Trinajstić information content (AvgIpc) is 2.56. The molecule has 0 spiro atoms. The lowest BCUT2D eigenvalue weighted by Crippen LogP contribution is -1.92. The highest BCUT2D eigenvalue weighted by Crippen LogP contribution is 2.13.